The van der Waals surface area contributed by atoms with Crippen molar-refractivity contribution < 1.29 is 38.9 Å². The maximum Gasteiger partial charge on any atom is 0.408 e. The lowest BCUT2D eigenvalue weighted by molar-refractivity contribution is -0.159. The number of nitrogens with zero attached hydrogens (tertiary/aromatic N) is 1. The predicted octanol–water partition coefficient (Wildman–Crippen LogP) is 2.81. The van der Waals surface area contributed by atoms with Gasteiger partial charge in [-0.2, -0.15) is 0 Å². The number of hydrogen-bond donors (Lipinski definition) is 4. The molecule has 0 aromatic heterocycles. The molecule has 2 aromatic rings. The lowest BCUT2D eigenvalue weighted by Gasteiger charge is -2.31. The summed E-state index contributed by atoms with van der Waals surface area (Å²) in [6.07, 6.45) is 4.78. The van der Waals surface area contributed by atoms with Gasteiger partial charge in [-0.05, 0) is 64.8 Å². The zero-order valence-corrected chi connectivity index (χ0v) is 24.7. The summed E-state index contributed by atoms with van der Waals surface area (Å²) in [6, 6.07) is 12.2. The van der Waals surface area contributed by atoms with Gasteiger partial charge in [0.1, 0.15) is 35.1 Å². The molecule has 4 N–H and O–H groups in total. The van der Waals surface area contributed by atoms with Gasteiger partial charge in [-0.25, -0.2) is 9.59 Å². The molecule has 11 nitrogen and oxygen atoms in total. The highest BCUT2D eigenvalue weighted by molar-refractivity contribution is 5.95. The van der Waals surface area contributed by atoms with Crippen LogP contribution in [0.25, 0.3) is 0 Å². The van der Waals surface area contributed by atoms with Gasteiger partial charge in [-0.15, -0.1) is 0 Å². The summed E-state index contributed by atoms with van der Waals surface area (Å²) in [5.74, 6) is -2.81. The Hall–Kier alpha value is -4.56. The number of benzene rings is 2. The van der Waals surface area contributed by atoms with Crippen molar-refractivity contribution in [2.75, 3.05) is 6.61 Å². The topological polar surface area (TPSA) is 154 Å². The van der Waals surface area contributed by atoms with Crippen LogP contribution in [0.15, 0.2) is 54.6 Å². The third kappa shape index (κ3) is 10.4. The first-order valence-electron chi connectivity index (χ1n) is 13.3. The first-order chi connectivity index (χ1) is 19.5. The van der Waals surface area contributed by atoms with E-state index in [4.69, 9.17) is 15.9 Å². The molecule has 0 spiro atoms. The van der Waals surface area contributed by atoms with Crippen molar-refractivity contribution in [3.8, 4) is 18.2 Å². The number of esters is 1. The van der Waals surface area contributed by atoms with Gasteiger partial charge in [0.05, 0.1) is 6.61 Å². The number of phenols is 1. The monoisotopic (exact) mass is 581 g/mol. The number of hydrogen-bond acceptors (Lipinski definition) is 8. The minimum absolute atomic E-state index is 0.0672. The Bertz CT molecular complexity index is 1290. The zero-order chi connectivity index (χ0) is 31.7. The lowest BCUT2D eigenvalue weighted by atomic mass is 10.0. The van der Waals surface area contributed by atoms with Crippen molar-refractivity contribution in [3.05, 3.63) is 65.7 Å². The van der Waals surface area contributed by atoms with Gasteiger partial charge < -0.3 is 30.3 Å². The molecule has 0 aliphatic carbocycles. The second-order valence-electron chi connectivity index (χ2n) is 11.5. The molecule has 0 fully saturated rings. The van der Waals surface area contributed by atoms with E-state index < -0.39 is 59.8 Å². The molecule has 11 heteroatoms. The molecule has 2 rings (SSSR count). The van der Waals surface area contributed by atoms with Crippen LogP contribution in [0.1, 0.15) is 58.7 Å². The molecule has 0 aliphatic heterocycles. The third-order valence-corrected chi connectivity index (χ3v) is 5.53. The summed E-state index contributed by atoms with van der Waals surface area (Å²) in [5, 5.41) is 25.0. The molecule has 0 heterocycles. The van der Waals surface area contributed by atoms with Gasteiger partial charge >= 0.3 is 12.1 Å². The number of aliphatic hydroxyl groups excluding tert-OH is 1. The molecule has 0 saturated carbocycles. The van der Waals surface area contributed by atoms with Crippen LogP contribution < -0.4 is 10.6 Å². The number of nitrogens with one attached hydrogen (secondary N) is 2. The minimum atomic E-state index is -1.58. The lowest BCUT2D eigenvalue weighted by Crippen LogP contribution is -2.54. The summed E-state index contributed by atoms with van der Waals surface area (Å²) in [5.41, 5.74) is -0.910. The van der Waals surface area contributed by atoms with E-state index in [2.05, 4.69) is 16.7 Å². The van der Waals surface area contributed by atoms with Crippen LogP contribution in [-0.4, -0.2) is 68.9 Å². The number of carbonyl (C=O) groups excluding carboxylic acids is 4. The number of aliphatic hydroxyl groups is 1. The van der Waals surface area contributed by atoms with Crippen molar-refractivity contribution in [1.29, 1.82) is 0 Å². The molecular formula is C31H39N3O8. The van der Waals surface area contributed by atoms with E-state index >= 15 is 0 Å². The van der Waals surface area contributed by atoms with Gasteiger partial charge in [0.25, 0.3) is 5.91 Å². The van der Waals surface area contributed by atoms with E-state index in [0.717, 1.165) is 5.56 Å². The van der Waals surface area contributed by atoms with Crippen molar-refractivity contribution in [1.82, 2.24) is 15.5 Å². The number of ether oxygens (including phenoxy) is 2. The molecule has 0 saturated heterocycles. The number of phenolic OH excluding ortho intramolecular Hbond substituents is 1. The molecule has 3 amide bonds. The molecule has 0 radical (unpaired) electrons. The minimum Gasteiger partial charge on any atom is -0.508 e. The molecule has 0 bridgehead atoms. The molecule has 3 atom stereocenters. The standard InChI is InChI=1S/C31H39N3O8/c1-8-34(27(38)24(19-35)33-29(40)42-31(5,6)7)25(21-15-12-16-22(36)18-21)26(37)32-23(28(39)41-30(2,3)4)17-20-13-10-9-11-14-20/h1,9-16,18,23-25,35-36H,17,19H2,2-7H3,(H,32,37)(H,33,40). The smallest absolute Gasteiger partial charge is 0.408 e. The average Bonchev–Trinajstić information content (AvgIpc) is 2.88. The molecule has 3 unspecified atom stereocenters. The summed E-state index contributed by atoms with van der Waals surface area (Å²) in [7, 11) is 0. The Kier molecular flexibility index (Phi) is 11.5. The SMILES string of the molecule is C#CN(C(=O)C(CO)NC(=O)OC(C)(C)C)C(C(=O)NC(Cc1ccccc1)C(=O)OC(C)(C)C)c1cccc(O)c1. The van der Waals surface area contributed by atoms with Crippen LogP contribution in [0.2, 0.25) is 0 Å². The van der Waals surface area contributed by atoms with Crippen molar-refractivity contribution >= 4 is 23.9 Å². The fourth-order valence-corrected chi connectivity index (χ4v) is 3.85. The van der Waals surface area contributed by atoms with Crippen LogP contribution in [0.4, 0.5) is 4.79 Å². The average molecular weight is 582 g/mol. The number of carbonyl (C=O) groups is 4. The van der Waals surface area contributed by atoms with Crippen LogP contribution in [0.3, 0.4) is 0 Å². The normalized spacial score (nSPS) is 13.5. The maximum absolute atomic E-state index is 13.9. The van der Waals surface area contributed by atoms with Crippen LogP contribution >= 0.6 is 0 Å². The number of amides is 3. The summed E-state index contributed by atoms with van der Waals surface area (Å²) >= 11 is 0. The number of terminal acetylenes is 1. The fraction of sp³-hybridized carbons (Fsp3) is 0.419. The Morgan fingerprint density at radius 2 is 1.52 bits per heavy atom. The van der Waals surface area contributed by atoms with Crippen LogP contribution in [0, 0.1) is 12.5 Å². The highest BCUT2D eigenvalue weighted by atomic mass is 16.6. The Balaban J connectivity index is 2.48. The number of alkyl carbamates (subject to hydrolysis) is 1. The van der Waals surface area contributed by atoms with Gasteiger partial charge in [0, 0.05) is 12.5 Å². The van der Waals surface area contributed by atoms with E-state index in [1.54, 1.807) is 65.8 Å². The van der Waals surface area contributed by atoms with E-state index in [-0.39, 0.29) is 17.7 Å². The maximum atomic E-state index is 13.9. The van der Waals surface area contributed by atoms with E-state index in [9.17, 15) is 29.4 Å². The highest BCUT2D eigenvalue weighted by Gasteiger charge is 2.38. The Morgan fingerprint density at radius 3 is 2.05 bits per heavy atom. The first kappa shape index (κ1) is 33.6. The molecular weight excluding hydrogens is 542 g/mol. The van der Waals surface area contributed by atoms with Crippen molar-refractivity contribution in [3.63, 3.8) is 0 Å². The van der Waals surface area contributed by atoms with Crippen molar-refractivity contribution in [2.24, 2.45) is 0 Å². The highest BCUT2D eigenvalue weighted by Crippen LogP contribution is 2.26. The van der Waals surface area contributed by atoms with Gasteiger partial charge in [0.2, 0.25) is 5.91 Å². The summed E-state index contributed by atoms with van der Waals surface area (Å²) in [6.45, 7) is 9.06. The first-order valence-corrected chi connectivity index (χ1v) is 13.3. The summed E-state index contributed by atoms with van der Waals surface area (Å²) < 4.78 is 10.7. The van der Waals surface area contributed by atoms with E-state index in [1.807, 2.05) is 6.07 Å². The third-order valence-electron chi connectivity index (χ3n) is 5.53. The summed E-state index contributed by atoms with van der Waals surface area (Å²) in [4.78, 5) is 53.6. The molecule has 2 aromatic carbocycles. The largest absolute Gasteiger partial charge is 0.508 e. The molecule has 0 aliphatic rings. The Morgan fingerprint density at radius 1 is 0.905 bits per heavy atom. The van der Waals surface area contributed by atoms with Crippen LogP contribution in [-0.2, 0) is 30.3 Å². The van der Waals surface area contributed by atoms with Crippen molar-refractivity contribution in [2.45, 2.75) is 77.3 Å². The second-order valence-corrected chi connectivity index (χ2v) is 11.5. The van der Waals surface area contributed by atoms with Gasteiger partial charge in [0.15, 0.2) is 0 Å². The molecule has 42 heavy (non-hydrogen) atoms. The van der Waals surface area contributed by atoms with Gasteiger partial charge in [-0.3, -0.25) is 14.5 Å². The molecule has 226 valence electrons. The van der Waals surface area contributed by atoms with E-state index in [1.165, 1.54) is 24.3 Å². The predicted molar refractivity (Wildman–Crippen MR) is 155 cm³/mol. The fourth-order valence-electron chi connectivity index (χ4n) is 3.85. The zero-order valence-electron chi connectivity index (χ0n) is 24.7. The van der Waals surface area contributed by atoms with Gasteiger partial charge in [-0.1, -0.05) is 48.9 Å². The van der Waals surface area contributed by atoms with E-state index in [0.29, 0.717) is 4.90 Å². The quantitative estimate of drug-likeness (QED) is 0.190. The van der Waals surface area contributed by atoms with Crippen LogP contribution in [0.5, 0.6) is 5.75 Å². The second kappa shape index (κ2) is 14.4. The number of aromatic hydroxyl groups is 1. The Labute approximate surface area is 246 Å². The number of rotatable bonds is 10.